The van der Waals surface area contributed by atoms with Crippen molar-refractivity contribution in [2.45, 2.75) is 59.8 Å². The number of carboxylic acids is 1. The van der Waals surface area contributed by atoms with E-state index in [1.54, 1.807) is 0 Å². The van der Waals surface area contributed by atoms with Crippen LogP contribution in [0.2, 0.25) is 0 Å². The average Bonchev–Trinajstić information content (AvgIpc) is 2.27. The quantitative estimate of drug-likeness (QED) is 0.664. The van der Waals surface area contributed by atoms with E-state index >= 15 is 0 Å². The number of aliphatic carboxylic acids is 1. The molecule has 1 N–H and O–H groups in total. The van der Waals surface area contributed by atoms with E-state index in [2.05, 4.69) is 27.7 Å². The van der Waals surface area contributed by atoms with Crippen molar-refractivity contribution in [2.24, 2.45) is 11.8 Å². The van der Waals surface area contributed by atoms with Crippen molar-refractivity contribution in [3.63, 3.8) is 0 Å². The Morgan fingerprint density at radius 3 is 1.79 bits per heavy atom. The van der Waals surface area contributed by atoms with Gasteiger partial charge in [-0.15, -0.1) is 0 Å². The summed E-state index contributed by atoms with van der Waals surface area (Å²) in [5.74, 6) is 0.424. The van der Waals surface area contributed by atoms with E-state index in [1.807, 2.05) is 4.90 Å². The molecule has 0 heterocycles. The van der Waals surface area contributed by atoms with Crippen molar-refractivity contribution < 1.29 is 14.7 Å². The molecular weight excluding hydrogens is 242 g/mol. The van der Waals surface area contributed by atoms with Crippen LogP contribution in [0.5, 0.6) is 0 Å². The maximum atomic E-state index is 12.1. The van der Waals surface area contributed by atoms with Crippen LogP contribution in [-0.2, 0) is 9.59 Å². The Kier molecular flexibility index (Phi) is 9.27. The highest BCUT2D eigenvalue weighted by molar-refractivity contribution is 5.77. The Balaban J connectivity index is 4.19. The fourth-order valence-electron chi connectivity index (χ4n) is 1.74. The molecule has 0 bridgehead atoms. The number of hydrogen-bond donors (Lipinski definition) is 1. The normalized spacial score (nSPS) is 11.1. The monoisotopic (exact) mass is 271 g/mol. The molecule has 0 saturated carbocycles. The lowest BCUT2D eigenvalue weighted by atomic mass is 10.1. The van der Waals surface area contributed by atoms with E-state index in [9.17, 15) is 9.59 Å². The second-order valence-corrected chi connectivity index (χ2v) is 5.99. The van der Waals surface area contributed by atoms with Crippen molar-refractivity contribution in [1.29, 1.82) is 0 Å². The molecule has 0 aliphatic heterocycles. The third kappa shape index (κ3) is 10.5. The van der Waals surface area contributed by atoms with Crippen LogP contribution in [0.15, 0.2) is 0 Å². The first-order valence-corrected chi connectivity index (χ1v) is 7.32. The minimum atomic E-state index is -0.830. The van der Waals surface area contributed by atoms with Crippen molar-refractivity contribution >= 4 is 11.9 Å². The van der Waals surface area contributed by atoms with Crippen LogP contribution in [0, 0.1) is 11.8 Å². The zero-order valence-electron chi connectivity index (χ0n) is 12.8. The van der Waals surface area contributed by atoms with Crippen LogP contribution in [-0.4, -0.2) is 35.0 Å². The van der Waals surface area contributed by atoms with E-state index in [-0.39, 0.29) is 12.3 Å². The molecular formula is C15H29NO3. The summed E-state index contributed by atoms with van der Waals surface area (Å²) in [5, 5.41) is 8.59. The van der Waals surface area contributed by atoms with Gasteiger partial charge in [-0.1, -0.05) is 27.7 Å². The molecule has 0 aromatic heterocycles. The Hall–Kier alpha value is -1.06. The van der Waals surface area contributed by atoms with Crippen LogP contribution < -0.4 is 0 Å². The predicted molar refractivity (Wildman–Crippen MR) is 77.0 cm³/mol. The second kappa shape index (κ2) is 9.82. The molecule has 19 heavy (non-hydrogen) atoms. The average molecular weight is 271 g/mol. The molecule has 112 valence electrons. The van der Waals surface area contributed by atoms with Gasteiger partial charge in [0.2, 0.25) is 5.91 Å². The molecule has 0 saturated heterocycles. The van der Waals surface area contributed by atoms with Crippen LogP contribution in [0.3, 0.4) is 0 Å². The topological polar surface area (TPSA) is 57.6 Å². The van der Waals surface area contributed by atoms with Gasteiger partial charge in [-0.3, -0.25) is 9.59 Å². The lowest BCUT2D eigenvalue weighted by molar-refractivity contribution is -0.137. The highest BCUT2D eigenvalue weighted by Crippen LogP contribution is 2.09. The first-order valence-electron chi connectivity index (χ1n) is 7.32. The van der Waals surface area contributed by atoms with Gasteiger partial charge < -0.3 is 10.0 Å². The van der Waals surface area contributed by atoms with E-state index in [0.29, 0.717) is 24.7 Å². The SMILES string of the molecule is CC(C)CCN(CCC(C)C)C(=O)CCCC(=O)O. The predicted octanol–water partition coefficient (Wildman–Crippen LogP) is 3.16. The van der Waals surface area contributed by atoms with Crippen molar-refractivity contribution in [2.75, 3.05) is 13.1 Å². The molecule has 0 radical (unpaired) electrons. The third-order valence-electron chi connectivity index (χ3n) is 3.09. The number of rotatable bonds is 10. The molecule has 0 unspecified atom stereocenters. The Bertz CT molecular complexity index is 263. The van der Waals surface area contributed by atoms with E-state index in [1.165, 1.54) is 0 Å². The van der Waals surface area contributed by atoms with E-state index in [4.69, 9.17) is 5.11 Å². The second-order valence-electron chi connectivity index (χ2n) is 5.99. The number of hydrogen-bond acceptors (Lipinski definition) is 2. The highest BCUT2D eigenvalue weighted by atomic mass is 16.4. The maximum Gasteiger partial charge on any atom is 0.303 e. The van der Waals surface area contributed by atoms with Crippen LogP contribution in [0.4, 0.5) is 0 Å². The molecule has 0 atom stereocenters. The zero-order valence-corrected chi connectivity index (χ0v) is 12.8. The summed E-state index contributed by atoms with van der Waals surface area (Å²) in [6, 6.07) is 0. The van der Waals surface area contributed by atoms with Gasteiger partial charge in [0.25, 0.3) is 0 Å². The summed E-state index contributed by atoms with van der Waals surface area (Å²) in [7, 11) is 0. The largest absolute Gasteiger partial charge is 0.481 e. The van der Waals surface area contributed by atoms with Crippen LogP contribution in [0.25, 0.3) is 0 Å². The van der Waals surface area contributed by atoms with E-state index in [0.717, 1.165) is 25.9 Å². The molecule has 4 heteroatoms. The number of carboxylic acid groups (broad SMARTS) is 1. The lowest BCUT2D eigenvalue weighted by Crippen LogP contribution is -2.34. The summed E-state index contributed by atoms with van der Waals surface area (Å²) in [5.41, 5.74) is 0. The van der Waals surface area contributed by atoms with Gasteiger partial charge in [-0.2, -0.15) is 0 Å². The third-order valence-corrected chi connectivity index (χ3v) is 3.09. The van der Waals surface area contributed by atoms with Crippen molar-refractivity contribution in [3.8, 4) is 0 Å². The van der Waals surface area contributed by atoms with Gasteiger partial charge in [0.1, 0.15) is 0 Å². The summed E-state index contributed by atoms with van der Waals surface area (Å²) in [6.45, 7) is 10.2. The summed E-state index contributed by atoms with van der Waals surface area (Å²) >= 11 is 0. The van der Waals surface area contributed by atoms with Crippen LogP contribution >= 0.6 is 0 Å². The highest BCUT2D eigenvalue weighted by Gasteiger charge is 2.14. The minimum Gasteiger partial charge on any atom is -0.481 e. The molecule has 0 rings (SSSR count). The number of amides is 1. The first-order chi connectivity index (χ1) is 8.82. The molecule has 0 aliphatic rings. The number of nitrogens with zero attached hydrogens (tertiary/aromatic N) is 1. The molecule has 0 aromatic rings. The van der Waals surface area contributed by atoms with Gasteiger partial charge in [0, 0.05) is 25.9 Å². The number of carbonyl (C=O) groups excluding carboxylic acids is 1. The summed E-state index contributed by atoms with van der Waals surface area (Å²) in [6.07, 6.45) is 2.87. The van der Waals surface area contributed by atoms with Gasteiger partial charge in [-0.25, -0.2) is 0 Å². The fraction of sp³-hybridized carbons (Fsp3) is 0.867. The maximum absolute atomic E-state index is 12.1. The minimum absolute atomic E-state index is 0.0773. The smallest absolute Gasteiger partial charge is 0.303 e. The molecule has 0 spiro atoms. The fourth-order valence-corrected chi connectivity index (χ4v) is 1.74. The van der Waals surface area contributed by atoms with Crippen LogP contribution in [0.1, 0.15) is 59.8 Å². The van der Waals surface area contributed by atoms with Crippen molar-refractivity contribution in [1.82, 2.24) is 4.90 Å². The van der Waals surface area contributed by atoms with Gasteiger partial charge in [0.05, 0.1) is 0 Å². The van der Waals surface area contributed by atoms with Gasteiger partial charge >= 0.3 is 5.97 Å². The Labute approximate surface area is 117 Å². The summed E-state index contributed by atoms with van der Waals surface area (Å²) < 4.78 is 0. The standard InChI is InChI=1S/C15H29NO3/c1-12(2)8-10-16(11-9-13(3)4)14(17)6-5-7-15(18)19/h12-13H,5-11H2,1-4H3,(H,18,19). The molecule has 0 fully saturated rings. The van der Waals surface area contributed by atoms with E-state index < -0.39 is 5.97 Å². The summed E-state index contributed by atoms with van der Waals surface area (Å²) in [4.78, 5) is 24.4. The molecule has 0 aromatic carbocycles. The molecule has 0 aliphatic carbocycles. The Morgan fingerprint density at radius 1 is 0.947 bits per heavy atom. The first kappa shape index (κ1) is 17.9. The van der Waals surface area contributed by atoms with Gasteiger partial charge in [0.15, 0.2) is 0 Å². The Morgan fingerprint density at radius 2 is 1.42 bits per heavy atom. The van der Waals surface area contributed by atoms with Crippen molar-refractivity contribution in [3.05, 3.63) is 0 Å². The molecule has 1 amide bonds. The van der Waals surface area contributed by atoms with Gasteiger partial charge in [-0.05, 0) is 31.1 Å². The number of carbonyl (C=O) groups is 2. The zero-order chi connectivity index (χ0) is 14.8. The lowest BCUT2D eigenvalue weighted by Gasteiger charge is -2.24. The molecule has 4 nitrogen and oxygen atoms in total.